The molecule has 108 valence electrons. The van der Waals surface area contributed by atoms with E-state index in [-0.39, 0.29) is 5.92 Å². The van der Waals surface area contributed by atoms with Crippen molar-refractivity contribution in [2.75, 3.05) is 14.2 Å². The van der Waals surface area contributed by atoms with Crippen LogP contribution in [0.4, 0.5) is 0 Å². The average molecular weight is 268 g/mol. The predicted molar refractivity (Wildman–Crippen MR) is 70.3 cm³/mol. The number of ether oxygens (including phenoxy) is 2. The van der Waals surface area contributed by atoms with E-state index in [1.807, 2.05) is 0 Å². The molecule has 0 aromatic heterocycles. The number of rotatable bonds is 4. The van der Waals surface area contributed by atoms with E-state index in [1.54, 1.807) is 0 Å². The van der Waals surface area contributed by atoms with Crippen LogP contribution in [0.15, 0.2) is 0 Å². The molecule has 0 aromatic rings. The number of methoxy groups -OCH3 is 2. The second kappa shape index (κ2) is 5.51. The molecule has 2 saturated carbocycles. The molecule has 2 aliphatic carbocycles. The quantitative estimate of drug-likeness (QED) is 0.581. The molecule has 4 heteroatoms. The van der Waals surface area contributed by atoms with E-state index in [9.17, 15) is 9.59 Å². The van der Waals surface area contributed by atoms with E-state index in [2.05, 4.69) is 6.92 Å². The monoisotopic (exact) mass is 268 g/mol. The average Bonchev–Trinajstić information content (AvgIpc) is 3.00. The maximum absolute atomic E-state index is 12.3. The van der Waals surface area contributed by atoms with Gasteiger partial charge in [-0.15, -0.1) is 0 Å². The zero-order chi connectivity index (χ0) is 14.0. The van der Waals surface area contributed by atoms with Gasteiger partial charge in [-0.25, -0.2) is 0 Å². The summed E-state index contributed by atoms with van der Waals surface area (Å²) >= 11 is 0. The summed E-state index contributed by atoms with van der Waals surface area (Å²) in [6.07, 6.45) is 5.95. The first-order valence-electron chi connectivity index (χ1n) is 7.28. The zero-order valence-electron chi connectivity index (χ0n) is 12.1. The molecule has 0 spiro atoms. The molecule has 0 amide bonds. The standard InChI is InChI=1S/C15H24O4/c1-4-6-10-9-15(13(16)18-2,14(17)19-3)12-8-5-7-11(10)12/h10-12H,4-9H2,1-3H3/t10-,11?,12?/m0/s1. The van der Waals surface area contributed by atoms with Crippen LogP contribution in [-0.4, -0.2) is 26.2 Å². The number of hydrogen-bond acceptors (Lipinski definition) is 4. The van der Waals surface area contributed by atoms with Crippen LogP contribution >= 0.6 is 0 Å². The van der Waals surface area contributed by atoms with Crippen molar-refractivity contribution in [3.63, 3.8) is 0 Å². The van der Waals surface area contributed by atoms with E-state index < -0.39 is 17.4 Å². The van der Waals surface area contributed by atoms with Crippen molar-refractivity contribution in [2.24, 2.45) is 23.2 Å². The number of carbonyl (C=O) groups excluding carboxylic acids is 2. The normalized spacial score (nSPS) is 31.8. The first kappa shape index (κ1) is 14.4. The fourth-order valence-corrected chi connectivity index (χ4v) is 4.49. The fraction of sp³-hybridized carbons (Fsp3) is 0.867. The molecule has 2 unspecified atom stereocenters. The molecule has 0 aliphatic heterocycles. The predicted octanol–water partition coefficient (Wildman–Crippen LogP) is 2.56. The lowest BCUT2D eigenvalue weighted by Gasteiger charge is -2.29. The molecular weight excluding hydrogens is 244 g/mol. The lowest BCUT2D eigenvalue weighted by Crippen LogP contribution is -2.44. The summed E-state index contributed by atoms with van der Waals surface area (Å²) in [6.45, 7) is 2.15. The minimum Gasteiger partial charge on any atom is -0.468 e. The van der Waals surface area contributed by atoms with Crippen LogP contribution in [-0.2, 0) is 19.1 Å². The van der Waals surface area contributed by atoms with Crippen LogP contribution in [0.3, 0.4) is 0 Å². The Morgan fingerprint density at radius 1 is 1.16 bits per heavy atom. The van der Waals surface area contributed by atoms with Gasteiger partial charge >= 0.3 is 11.9 Å². The molecule has 0 heterocycles. The van der Waals surface area contributed by atoms with Gasteiger partial charge in [0.05, 0.1) is 14.2 Å². The molecule has 2 rings (SSSR count). The lowest BCUT2D eigenvalue weighted by atomic mass is 9.76. The first-order chi connectivity index (χ1) is 9.11. The molecule has 19 heavy (non-hydrogen) atoms. The van der Waals surface area contributed by atoms with Crippen LogP contribution in [0.2, 0.25) is 0 Å². The smallest absolute Gasteiger partial charge is 0.323 e. The van der Waals surface area contributed by atoms with Crippen molar-refractivity contribution < 1.29 is 19.1 Å². The van der Waals surface area contributed by atoms with Crippen LogP contribution < -0.4 is 0 Å². The second-order valence-corrected chi connectivity index (χ2v) is 5.91. The van der Waals surface area contributed by atoms with Gasteiger partial charge in [0, 0.05) is 0 Å². The van der Waals surface area contributed by atoms with E-state index >= 15 is 0 Å². The molecular formula is C15H24O4. The third kappa shape index (κ3) is 2.05. The van der Waals surface area contributed by atoms with Gasteiger partial charge in [-0.05, 0) is 37.0 Å². The summed E-state index contributed by atoms with van der Waals surface area (Å²) in [7, 11) is 2.73. The summed E-state index contributed by atoms with van der Waals surface area (Å²) in [5, 5.41) is 0. The molecule has 2 fully saturated rings. The van der Waals surface area contributed by atoms with Crippen molar-refractivity contribution in [1.29, 1.82) is 0 Å². The lowest BCUT2D eigenvalue weighted by molar-refractivity contribution is -0.172. The van der Waals surface area contributed by atoms with Crippen LogP contribution in [0, 0.1) is 23.2 Å². The molecule has 4 nitrogen and oxygen atoms in total. The van der Waals surface area contributed by atoms with Gasteiger partial charge in [-0.1, -0.05) is 26.2 Å². The number of esters is 2. The number of carbonyl (C=O) groups is 2. The summed E-state index contributed by atoms with van der Waals surface area (Å²) < 4.78 is 9.91. The maximum Gasteiger partial charge on any atom is 0.323 e. The summed E-state index contributed by atoms with van der Waals surface area (Å²) in [5.74, 6) is 0.266. The molecule has 0 saturated heterocycles. The van der Waals surface area contributed by atoms with Gasteiger partial charge < -0.3 is 9.47 Å². The van der Waals surface area contributed by atoms with Gasteiger partial charge in [0.2, 0.25) is 0 Å². The Hall–Kier alpha value is -1.06. The Bertz CT molecular complexity index is 347. The zero-order valence-corrected chi connectivity index (χ0v) is 12.1. The minimum atomic E-state index is -1.04. The highest BCUT2D eigenvalue weighted by Crippen LogP contribution is 2.59. The van der Waals surface area contributed by atoms with E-state index in [0.29, 0.717) is 18.3 Å². The summed E-state index contributed by atoms with van der Waals surface area (Å²) in [5.41, 5.74) is -1.04. The fourth-order valence-electron chi connectivity index (χ4n) is 4.49. The van der Waals surface area contributed by atoms with Crippen molar-refractivity contribution in [2.45, 2.75) is 45.4 Å². The van der Waals surface area contributed by atoms with Crippen molar-refractivity contribution in [1.82, 2.24) is 0 Å². The summed E-state index contributed by atoms with van der Waals surface area (Å²) in [6, 6.07) is 0. The Kier molecular flexibility index (Phi) is 4.16. The van der Waals surface area contributed by atoms with E-state index in [0.717, 1.165) is 32.1 Å². The van der Waals surface area contributed by atoms with Crippen LogP contribution in [0.5, 0.6) is 0 Å². The van der Waals surface area contributed by atoms with Crippen molar-refractivity contribution >= 4 is 11.9 Å². The second-order valence-electron chi connectivity index (χ2n) is 5.91. The molecule has 0 aromatic carbocycles. The van der Waals surface area contributed by atoms with Crippen LogP contribution in [0.25, 0.3) is 0 Å². The molecule has 2 aliphatic rings. The largest absolute Gasteiger partial charge is 0.468 e. The van der Waals surface area contributed by atoms with Gasteiger partial charge in [-0.3, -0.25) is 9.59 Å². The highest BCUT2D eigenvalue weighted by Gasteiger charge is 2.64. The number of fused-ring (bicyclic) bond motifs is 1. The summed E-state index contributed by atoms with van der Waals surface area (Å²) in [4.78, 5) is 24.6. The first-order valence-corrected chi connectivity index (χ1v) is 7.28. The molecule has 0 bridgehead atoms. The SMILES string of the molecule is CCC[C@H]1CC(C(=O)OC)(C(=O)OC)C2CCCC21. The Balaban J connectivity index is 2.37. The Morgan fingerprint density at radius 3 is 2.32 bits per heavy atom. The van der Waals surface area contributed by atoms with Gasteiger partial charge in [-0.2, -0.15) is 0 Å². The minimum absolute atomic E-state index is 0.115. The topological polar surface area (TPSA) is 52.6 Å². The highest BCUT2D eigenvalue weighted by molar-refractivity contribution is 6.01. The van der Waals surface area contributed by atoms with Crippen LogP contribution in [0.1, 0.15) is 45.4 Å². The van der Waals surface area contributed by atoms with Gasteiger partial charge in [0.15, 0.2) is 5.41 Å². The van der Waals surface area contributed by atoms with Crippen molar-refractivity contribution in [3.05, 3.63) is 0 Å². The molecule has 0 N–H and O–H groups in total. The number of hydrogen-bond donors (Lipinski definition) is 0. The van der Waals surface area contributed by atoms with Gasteiger partial charge in [0.25, 0.3) is 0 Å². The Morgan fingerprint density at radius 2 is 1.79 bits per heavy atom. The van der Waals surface area contributed by atoms with E-state index in [1.165, 1.54) is 14.2 Å². The van der Waals surface area contributed by atoms with Gasteiger partial charge in [0.1, 0.15) is 0 Å². The van der Waals surface area contributed by atoms with Crippen molar-refractivity contribution in [3.8, 4) is 0 Å². The molecule has 0 radical (unpaired) electrons. The molecule has 3 atom stereocenters. The third-order valence-electron chi connectivity index (χ3n) is 5.15. The van der Waals surface area contributed by atoms with E-state index in [4.69, 9.17) is 9.47 Å². The third-order valence-corrected chi connectivity index (χ3v) is 5.15. The maximum atomic E-state index is 12.3. The Labute approximate surface area is 114 Å². The highest BCUT2D eigenvalue weighted by atomic mass is 16.5.